The molecule has 2 aromatic carbocycles. The molecule has 4 heterocycles. The van der Waals surface area contributed by atoms with Crippen LogP contribution in [0.2, 0.25) is 0 Å². The molecule has 2 aromatic rings. The van der Waals surface area contributed by atoms with Crippen molar-refractivity contribution in [2.24, 2.45) is 11.8 Å². The Balaban J connectivity index is 0.984. The van der Waals surface area contributed by atoms with E-state index in [1.54, 1.807) is 25.1 Å². The number of allylic oxidation sites excluding steroid dienone is 4. The standard InChI is InChI=1S/C48H64O15/c1-5-6-7-8-9-10-11-12-13-14-15-16-17-18-19-20-21-55-48(52)63-44-36(53-3)22-30(23-37(44)54-4)39-31-24-34-35(59-28-58-34)25-32(31)43(33-26-57-46(51)40(33)39)62-47-42(50)41(49)45-38(61-47)27-56-29(2)60-45/h9-10,12-13,22-25,29,33,38-43,45,47,49-50H,5-8,11,14-21,26-28H2,1-4H3/t29-,33+,38-,39-,40+,41-,42-,43-,45?,47+/m1/s1. The van der Waals surface area contributed by atoms with Gasteiger partial charge in [-0.1, -0.05) is 69.8 Å². The van der Waals surface area contributed by atoms with Crippen LogP contribution in [0.25, 0.3) is 0 Å². The Morgan fingerprint density at radius 1 is 0.794 bits per heavy atom. The third-order valence-electron chi connectivity index (χ3n) is 12.5. The molecule has 0 radical (unpaired) electrons. The molecule has 3 fully saturated rings. The summed E-state index contributed by atoms with van der Waals surface area (Å²) in [4.78, 5) is 26.8. The number of aliphatic hydroxyl groups excluding tert-OH is 2. The van der Waals surface area contributed by atoms with Crippen molar-refractivity contribution in [2.75, 3.05) is 40.8 Å². The molecular weight excluding hydrogens is 817 g/mol. The summed E-state index contributed by atoms with van der Waals surface area (Å²) in [5, 5.41) is 22.3. The normalized spacial score (nSPS) is 28.4. The maximum absolute atomic E-state index is 13.8. The molecule has 0 amide bonds. The quantitative estimate of drug-likeness (QED) is 0.0534. The van der Waals surface area contributed by atoms with E-state index in [2.05, 4.69) is 31.2 Å². The Morgan fingerprint density at radius 2 is 1.46 bits per heavy atom. The Kier molecular flexibility index (Phi) is 16.6. The van der Waals surface area contributed by atoms with Crippen LogP contribution in [-0.2, 0) is 33.2 Å². The minimum Gasteiger partial charge on any atom is -0.493 e. The summed E-state index contributed by atoms with van der Waals surface area (Å²) >= 11 is 0. The molecule has 3 saturated heterocycles. The van der Waals surface area contributed by atoms with Gasteiger partial charge in [-0.3, -0.25) is 4.79 Å². The third-order valence-corrected chi connectivity index (χ3v) is 12.5. The maximum atomic E-state index is 13.8. The highest BCUT2D eigenvalue weighted by Crippen LogP contribution is 2.57. The van der Waals surface area contributed by atoms with Gasteiger partial charge in [-0.15, -0.1) is 0 Å². The zero-order valence-corrected chi connectivity index (χ0v) is 36.9. The lowest BCUT2D eigenvalue weighted by molar-refractivity contribution is -0.364. The van der Waals surface area contributed by atoms with E-state index in [9.17, 15) is 19.8 Å². The first-order valence-electron chi connectivity index (χ1n) is 22.7. The number of unbranched alkanes of at least 4 members (excludes halogenated alkanes) is 9. The maximum Gasteiger partial charge on any atom is 0.514 e. The number of benzene rings is 2. The van der Waals surface area contributed by atoms with Gasteiger partial charge < -0.3 is 62.3 Å². The highest BCUT2D eigenvalue weighted by Gasteiger charge is 2.56. The molecule has 2 N–H and O–H groups in total. The van der Waals surface area contributed by atoms with Crippen LogP contribution >= 0.6 is 0 Å². The van der Waals surface area contributed by atoms with Gasteiger partial charge in [-0.05, 0) is 86.4 Å². The first-order chi connectivity index (χ1) is 30.7. The highest BCUT2D eigenvalue weighted by molar-refractivity contribution is 5.79. The van der Waals surface area contributed by atoms with E-state index in [1.165, 1.54) is 52.7 Å². The molecule has 63 heavy (non-hydrogen) atoms. The van der Waals surface area contributed by atoms with Gasteiger partial charge in [-0.2, -0.15) is 0 Å². The first-order valence-corrected chi connectivity index (χ1v) is 22.7. The minimum absolute atomic E-state index is 0.00115. The van der Waals surface area contributed by atoms with Crippen molar-refractivity contribution in [1.29, 1.82) is 0 Å². The largest absolute Gasteiger partial charge is 0.514 e. The number of cyclic esters (lactones) is 1. The van der Waals surface area contributed by atoms with E-state index in [0.717, 1.165) is 32.1 Å². The second-order valence-electron chi connectivity index (χ2n) is 16.8. The predicted octanol–water partition coefficient (Wildman–Crippen LogP) is 7.96. The average Bonchev–Trinajstić information content (AvgIpc) is 3.92. The molecule has 0 spiro atoms. The van der Waals surface area contributed by atoms with E-state index in [4.69, 9.17) is 52.1 Å². The van der Waals surface area contributed by atoms with Crippen molar-refractivity contribution in [1.82, 2.24) is 0 Å². The van der Waals surface area contributed by atoms with Crippen LogP contribution in [0.1, 0.15) is 120 Å². The van der Waals surface area contributed by atoms with Crippen LogP contribution in [0, 0.1) is 11.8 Å². The van der Waals surface area contributed by atoms with Gasteiger partial charge in [0, 0.05) is 11.8 Å². The predicted molar refractivity (Wildman–Crippen MR) is 228 cm³/mol. The average molecular weight is 881 g/mol. The van der Waals surface area contributed by atoms with Crippen LogP contribution in [0.15, 0.2) is 48.6 Å². The van der Waals surface area contributed by atoms with Crippen LogP contribution < -0.4 is 23.7 Å². The number of esters is 1. The number of ether oxygens (including phenoxy) is 11. The van der Waals surface area contributed by atoms with Gasteiger partial charge in [0.15, 0.2) is 35.6 Å². The van der Waals surface area contributed by atoms with Gasteiger partial charge >= 0.3 is 12.1 Å². The van der Waals surface area contributed by atoms with E-state index in [-0.39, 0.29) is 43.9 Å². The molecule has 4 aliphatic heterocycles. The highest BCUT2D eigenvalue weighted by atomic mass is 16.8. The SMILES string of the molecule is CCCCCC=CCC=CCCCCCCCCOC(=O)Oc1c(OC)cc([C@@H]2c3cc4c(cc3[C@@H](O[C@@H]3O[C@@H]5CO[C@@H](C)OC5[C@H](O)[C@H]3O)[C@H]3COC(=O)[C@H]23)OCO4)cc1OC. The summed E-state index contributed by atoms with van der Waals surface area (Å²) in [5.74, 6) is -1.10. The van der Waals surface area contributed by atoms with Crippen LogP contribution in [-0.4, -0.2) is 100 Å². The van der Waals surface area contributed by atoms with Crippen LogP contribution in [0.4, 0.5) is 4.79 Å². The fourth-order valence-corrected chi connectivity index (χ4v) is 9.18. The molecule has 0 aromatic heterocycles. The van der Waals surface area contributed by atoms with Gasteiger partial charge in [-0.25, -0.2) is 4.79 Å². The molecule has 5 aliphatic rings. The van der Waals surface area contributed by atoms with Crippen molar-refractivity contribution < 1.29 is 71.9 Å². The number of carbonyl (C=O) groups is 2. The second kappa shape index (κ2) is 22.5. The number of hydrogen-bond acceptors (Lipinski definition) is 15. The molecule has 15 nitrogen and oxygen atoms in total. The van der Waals surface area contributed by atoms with E-state index < -0.39 is 73.0 Å². The molecule has 1 aliphatic carbocycles. The molecule has 0 saturated carbocycles. The smallest absolute Gasteiger partial charge is 0.493 e. The lowest BCUT2D eigenvalue weighted by Crippen LogP contribution is -2.63. The molecule has 15 heteroatoms. The van der Waals surface area contributed by atoms with E-state index in [0.29, 0.717) is 34.6 Å². The monoisotopic (exact) mass is 880 g/mol. The summed E-state index contributed by atoms with van der Waals surface area (Å²) in [5.41, 5.74) is 1.92. The first kappa shape index (κ1) is 46.6. The van der Waals surface area contributed by atoms with Crippen LogP contribution in [0.3, 0.4) is 0 Å². The fourth-order valence-electron chi connectivity index (χ4n) is 9.18. The molecular formula is C48H64O15. The molecule has 10 atom stereocenters. The summed E-state index contributed by atoms with van der Waals surface area (Å²) in [6.45, 7) is 4.28. The number of fused-ring (bicyclic) bond motifs is 4. The van der Waals surface area contributed by atoms with Gasteiger partial charge in [0.2, 0.25) is 12.5 Å². The zero-order valence-electron chi connectivity index (χ0n) is 36.9. The van der Waals surface area contributed by atoms with E-state index in [1.807, 2.05) is 6.07 Å². The Bertz CT molecular complexity index is 1870. The Hall–Kier alpha value is -4.38. The Morgan fingerprint density at radius 3 is 2.16 bits per heavy atom. The molecule has 346 valence electrons. The fraction of sp³-hybridized carbons (Fsp3) is 0.625. The number of hydrogen-bond donors (Lipinski definition) is 2. The summed E-state index contributed by atoms with van der Waals surface area (Å²) < 4.78 is 64.0. The van der Waals surface area contributed by atoms with Gasteiger partial charge in [0.05, 0.1) is 46.1 Å². The second-order valence-corrected chi connectivity index (χ2v) is 16.8. The summed E-state index contributed by atoms with van der Waals surface area (Å²) in [6, 6.07) is 7.01. The van der Waals surface area contributed by atoms with Crippen molar-refractivity contribution >= 4 is 12.1 Å². The lowest BCUT2D eigenvalue weighted by atomic mass is 9.66. The van der Waals surface area contributed by atoms with Crippen molar-refractivity contribution in [3.63, 3.8) is 0 Å². The summed E-state index contributed by atoms with van der Waals surface area (Å²) in [6.07, 6.45) is 14.4. The molecule has 0 bridgehead atoms. The lowest BCUT2D eigenvalue weighted by Gasteiger charge is -2.47. The van der Waals surface area contributed by atoms with Crippen molar-refractivity contribution in [2.45, 2.75) is 140 Å². The van der Waals surface area contributed by atoms with Gasteiger partial charge in [0.25, 0.3) is 0 Å². The van der Waals surface area contributed by atoms with Crippen LogP contribution in [0.5, 0.6) is 28.7 Å². The number of aliphatic hydroxyl groups is 2. The van der Waals surface area contributed by atoms with Gasteiger partial charge in [0.1, 0.15) is 24.4 Å². The zero-order chi connectivity index (χ0) is 44.3. The third kappa shape index (κ3) is 11.1. The Labute approximate surface area is 369 Å². The minimum atomic E-state index is -1.47. The number of carbonyl (C=O) groups excluding carboxylic acids is 2. The topological polar surface area (TPSA) is 176 Å². The summed E-state index contributed by atoms with van der Waals surface area (Å²) in [7, 11) is 2.89. The molecule has 7 rings (SSSR count). The molecule has 1 unspecified atom stereocenters. The van der Waals surface area contributed by atoms with Crippen molar-refractivity contribution in [3.8, 4) is 28.7 Å². The van der Waals surface area contributed by atoms with Crippen molar-refractivity contribution in [3.05, 3.63) is 65.3 Å². The van der Waals surface area contributed by atoms with E-state index >= 15 is 0 Å². The number of methoxy groups -OCH3 is 2. The number of rotatable bonds is 21.